The molecule has 0 aliphatic heterocycles. The standard InChI is InChI=1S/C20H27BrF3N3O5Si/c1-19(2,3)33(4,5)31-13-14(10-26-11-17(27(28)29)25-18(26)21)12-30-15-6-8-16(9-7-15)32-20(22,23)24/h6-9,11,14H,10,12-13H2,1-5H3. The monoisotopic (exact) mass is 553 g/mol. The maximum absolute atomic E-state index is 12.3. The maximum atomic E-state index is 12.3. The molecule has 1 unspecified atom stereocenters. The second-order valence-electron chi connectivity index (χ2n) is 9.05. The quantitative estimate of drug-likeness (QED) is 0.198. The Morgan fingerprint density at radius 2 is 1.73 bits per heavy atom. The average molecular weight is 554 g/mol. The van der Waals surface area contributed by atoms with Crippen molar-refractivity contribution in [1.82, 2.24) is 9.55 Å². The second kappa shape index (κ2) is 10.4. The van der Waals surface area contributed by atoms with Crippen LogP contribution in [0, 0.1) is 16.0 Å². The minimum atomic E-state index is -4.77. The van der Waals surface area contributed by atoms with Crippen molar-refractivity contribution in [3.63, 3.8) is 0 Å². The predicted molar refractivity (Wildman–Crippen MR) is 122 cm³/mol. The highest BCUT2D eigenvalue weighted by Crippen LogP contribution is 2.37. The lowest BCUT2D eigenvalue weighted by molar-refractivity contribution is -0.389. The van der Waals surface area contributed by atoms with E-state index in [1.165, 1.54) is 30.5 Å². The first kappa shape index (κ1) is 27.1. The summed E-state index contributed by atoms with van der Waals surface area (Å²) in [5.74, 6) is -0.484. The van der Waals surface area contributed by atoms with Crippen LogP contribution in [0.1, 0.15) is 20.8 Å². The molecule has 8 nitrogen and oxygen atoms in total. The Hall–Kier alpha value is -2.12. The molecule has 1 aromatic carbocycles. The topological polar surface area (TPSA) is 88.7 Å². The van der Waals surface area contributed by atoms with Gasteiger partial charge in [0.1, 0.15) is 17.7 Å². The Bertz CT molecular complexity index is 946. The summed E-state index contributed by atoms with van der Waals surface area (Å²) in [5.41, 5.74) is 0. The van der Waals surface area contributed by atoms with E-state index >= 15 is 0 Å². The summed E-state index contributed by atoms with van der Waals surface area (Å²) < 4.78 is 54.9. The highest BCUT2D eigenvalue weighted by molar-refractivity contribution is 9.10. The normalized spacial score (nSPS) is 13.6. The van der Waals surface area contributed by atoms with Crippen LogP contribution in [0.3, 0.4) is 0 Å². The van der Waals surface area contributed by atoms with E-state index in [2.05, 4.69) is 59.5 Å². The largest absolute Gasteiger partial charge is 0.573 e. The van der Waals surface area contributed by atoms with Crippen LogP contribution in [0.2, 0.25) is 18.1 Å². The van der Waals surface area contributed by atoms with Crippen LogP contribution in [-0.4, -0.2) is 42.4 Å². The number of hydrogen-bond acceptors (Lipinski definition) is 6. The van der Waals surface area contributed by atoms with Crippen molar-refractivity contribution in [2.75, 3.05) is 13.2 Å². The van der Waals surface area contributed by atoms with E-state index in [-0.39, 0.29) is 29.1 Å². The molecule has 0 aliphatic carbocycles. The van der Waals surface area contributed by atoms with Gasteiger partial charge in [0, 0.05) is 35.0 Å². The van der Waals surface area contributed by atoms with Crippen LogP contribution in [-0.2, 0) is 11.0 Å². The van der Waals surface area contributed by atoms with Crippen molar-refractivity contribution in [2.24, 2.45) is 5.92 Å². The summed E-state index contributed by atoms with van der Waals surface area (Å²) in [5, 5.41) is 11.0. The first-order valence-corrected chi connectivity index (χ1v) is 13.8. The zero-order valence-electron chi connectivity index (χ0n) is 19.0. The van der Waals surface area contributed by atoms with E-state index in [9.17, 15) is 23.3 Å². The molecule has 0 fully saturated rings. The van der Waals surface area contributed by atoms with Gasteiger partial charge >= 0.3 is 12.2 Å². The zero-order chi connectivity index (χ0) is 25.0. The zero-order valence-corrected chi connectivity index (χ0v) is 21.6. The molecular weight excluding hydrogens is 527 g/mol. The second-order valence-corrected chi connectivity index (χ2v) is 14.6. The van der Waals surface area contributed by atoms with Crippen molar-refractivity contribution in [3.8, 4) is 11.5 Å². The number of aromatic nitrogens is 2. The van der Waals surface area contributed by atoms with Gasteiger partial charge in [0.15, 0.2) is 8.32 Å². The maximum Gasteiger partial charge on any atom is 0.573 e. The summed E-state index contributed by atoms with van der Waals surface area (Å²) >= 11 is 3.23. The molecule has 0 saturated heterocycles. The lowest BCUT2D eigenvalue weighted by Crippen LogP contribution is -2.42. The van der Waals surface area contributed by atoms with Gasteiger partial charge in [0.25, 0.3) is 4.73 Å². The van der Waals surface area contributed by atoms with E-state index in [0.717, 1.165) is 0 Å². The lowest BCUT2D eigenvalue weighted by Gasteiger charge is -2.37. The Morgan fingerprint density at radius 3 is 2.21 bits per heavy atom. The van der Waals surface area contributed by atoms with Crippen LogP contribution in [0.15, 0.2) is 35.2 Å². The fourth-order valence-electron chi connectivity index (χ4n) is 2.52. The number of benzene rings is 1. The highest BCUT2D eigenvalue weighted by atomic mass is 79.9. The number of ether oxygens (including phenoxy) is 2. The van der Waals surface area contributed by atoms with Crippen molar-refractivity contribution in [1.29, 1.82) is 0 Å². The van der Waals surface area contributed by atoms with Gasteiger partial charge in [-0.3, -0.25) is 4.57 Å². The number of rotatable bonds is 10. The van der Waals surface area contributed by atoms with Gasteiger partial charge in [0.05, 0.1) is 6.61 Å². The van der Waals surface area contributed by atoms with Crippen LogP contribution in [0.5, 0.6) is 11.5 Å². The van der Waals surface area contributed by atoms with Crippen LogP contribution in [0.4, 0.5) is 19.0 Å². The minimum absolute atomic E-state index is 0.0128. The van der Waals surface area contributed by atoms with E-state index in [0.29, 0.717) is 23.6 Å². The molecule has 13 heteroatoms. The van der Waals surface area contributed by atoms with E-state index in [1.54, 1.807) is 4.57 Å². The van der Waals surface area contributed by atoms with Gasteiger partial charge in [-0.1, -0.05) is 20.8 Å². The van der Waals surface area contributed by atoms with Crippen molar-refractivity contribution < 1.29 is 32.0 Å². The van der Waals surface area contributed by atoms with E-state index < -0.39 is 19.6 Å². The molecule has 0 radical (unpaired) electrons. The fourth-order valence-corrected chi connectivity index (χ4v) is 4.04. The molecular formula is C20H27BrF3N3O5Si. The van der Waals surface area contributed by atoms with Gasteiger partial charge in [-0.2, -0.15) is 0 Å². The molecule has 0 amide bonds. The Kier molecular flexibility index (Phi) is 8.57. The van der Waals surface area contributed by atoms with E-state index in [1.807, 2.05) is 0 Å². The molecule has 0 spiro atoms. The molecule has 2 aromatic rings. The van der Waals surface area contributed by atoms with Crippen molar-refractivity contribution >= 4 is 30.1 Å². The molecule has 0 saturated carbocycles. The van der Waals surface area contributed by atoms with E-state index in [4.69, 9.17) is 9.16 Å². The molecule has 0 aliphatic rings. The molecule has 0 N–H and O–H groups in total. The summed E-state index contributed by atoms with van der Waals surface area (Å²) in [6.45, 7) is 11.4. The SMILES string of the molecule is CC(C)(C)[Si](C)(C)OCC(COc1ccc(OC(F)(F)F)cc1)Cn1cc([N+](=O)[O-])nc1Br. The number of alkyl halides is 3. The molecule has 1 heterocycles. The number of nitrogens with zero attached hydrogens (tertiary/aromatic N) is 3. The summed E-state index contributed by atoms with van der Waals surface area (Å²) in [7, 11) is -2.07. The lowest BCUT2D eigenvalue weighted by atomic mass is 10.2. The van der Waals surface area contributed by atoms with Crippen LogP contribution < -0.4 is 9.47 Å². The molecule has 0 bridgehead atoms. The Labute approximate surface area is 199 Å². The van der Waals surface area contributed by atoms with Gasteiger partial charge in [-0.25, -0.2) is 0 Å². The molecule has 33 heavy (non-hydrogen) atoms. The van der Waals surface area contributed by atoms with Gasteiger partial charge in [0.2, 0.25) is 0 Å². The van der Waals surface area contributed by atoms with Gasteiger partial charge in [-0.15, -0.1) is 13.2 Å². The summed E-state index contributed by atoms with van der Waals surface area (Å²) in [6, 6.07) is 5.09. The highest BCUT2D eigenvalue weighted by Gasteiger charge is 2.38. The molecule has 1 aromatic heterocycles. The third-order valence-electron chi connectivity index (χ3n) is 5.39. The predicted octanol–water partition coefficient (Wildman–Crippen LogP) is 6.17. The summed E-state index contributed by atoms with van der Waals surface area (Å²) in [6.07, 6.45) is -3.44. The minimum Gasteiger partial charge on any atom is -0.493 e. The number of imidazole rings is 1. The van der Waals surface area contributed by atoms with Crippen LogP contribution >= 0.6 is 15.9 Å². The number of halogens is 4. The van der Waals surface area contributed by atoms with Gasteiger partial charge in [-0.05, 0) is 52.3 Å². The van der Waals surface area contributed by atoms with Crippen molar-refractivity contribution in [3.05, 3.63) is 45.3 Å². The number of nitro groups is 1. The summed E-state index contributed by atoms with van der Waals surface area (Å²) in [4.78, 5) is 14.3. The molecule has 1 atom stereocenters. The fraction of sp³-hybridized carbons (Fsp3) is 0.550. The Balaban J connectivity index is 2.12. The average Bonchev–Trinajstić information content (AvgIpc) is 3.04. The molecule has 184 valence electrons. The smallest absolute Gasteiger partial charge is 0.493 e. The third kappa shape index (κ3) is 8.30. The Morgan fingerprint density at radius 1 is 1.15 bits per heavy atom. The third-order valence-corrected chi connectivity index (χ3v) is 10.5. The number of hydrogen-bond donors (Lipinski definition) is 0. The van der Waals surface area contributed by atoms with Crippen molar-refractivity contribution in [2.45, 2.75) is 51.8 Å². The van der Waals surface area contributed by atoms with Gasteiger partial charge < -0.3 is 24.0 Å². The first-order valence-electron chi connectivity index (χ1n) is 10.1. The molecule has 2 rings (SSSR count). The van der Waals surface area contributed by atoms with Crippen LogP contribution in [0.25, 0.3) is 0 Å². The first-order chi connectivity index (χ1) is 15.1.